The Morgan fingerprint density at radius 2 is 1.36 bits per heavy atom. The number of carbonyl (C=O) groups excluding carboxylic acids is 2. The van der Waals surface area contributed by atoms with E-state index >= 15 is 0 Å². The van der Waals surface area contributed by atoms with Gasteiger partial charge in [-0.15, -0.1) is 0 Å². The summed E-state index contributed by atoms with van der Waals surface area (Å²) in [6.45, 7) is -0.208. The number of rotatable bonds is 11. The molecule has 6 aromatic rings. The third kappa shape index (κ3) is 8.02. The summed E-state index contributed by atoms with van der Waals surface area (Å²) >= 11 is 0. The van der Waals surface area contributed by atoms with Gasteiger partial charge in [0.25, 0.3) is 16.0 Å². The van der Waals surface area contributed by atoms with Crippen LogP contribution in [-0.4, -0.2) is 37.1 Å². The van der Waals surface area contributed by atoms with E-state index in [1.165, 1.54) is 0 Å². The molecule has 47 heavy (non-hydrogen) atoms. The first-order valence-electron chi connectivity index (χ1n) is 15.1. The Hall–Kier alpha value is -5.51. The lowest BCUT2D eigenvalue weighted by Crippen LogP contribution is -2.28. The van der Waals surface area contributed by atoms with Crippen molar-refractivity contribution in [1.82, 2.24) is 5.32 Å². The highest BCUT2D eigenvalue weighted by Crippen LogP contribution is 2.30. The molecule has 1 atom stereocenters. The average Bonchev–Trinajstić information content (AvgIpc) is 3.52. The zero-order valence-electron chi connectivity index (χ0n) is 25.3. The van der Waals surface area contributed by atoms with Crippen molar-refractivity contribution in [2.24, 2.45) is 0 Å². The van der Waals surface area contributed by atoms with E-state index in [1.807, 2.05) is 109 Å². The maximum atomic E-state index is 13.9. The predicted octanol–water partition coefficient (Wildman–Crippen LogP) is 7.35. The van der Waals surface area contributed by atoms with Gasteiger partial charge in [0.15, 0.2) is 0 Å². The fourth-order valence-electron chi connectivity index (χ4n) is 5.40. The van der Waals surface area contributed by atoms with Crippen molar-refractivity contribution in [2.45, 2.75) is 12.3 Å². The molecule has 0 saturated heterocycles. The second-order valence-electron chi connectivity index (χ2n) is 11.2. The second-order valence-corrected chi connectivity index (χ2v) is 12.8. The minimum absolute atomic E-state index is 0.180. The molecule has 5 aromatic carbocycles. The molecule has 6 rings (SSSR count). The maximum Gasteiger partial charge on any atom is 0.266 e. The number of hydrogen-bond acceptors (Lipinski definition) is 5. The van der Waals surface area contributed by atoms with Gasteiger partial charge in [0.05, 0.1) is 11.7 Å². The molecule has 0 aliphatic carbocycles. The topological polar surface area (TPSA) is 126 Å². The van der Waals surface area contributed by atoms with E-state index in [-0.39, 0.29) is 12.5 Å². The molecule has 0 fully saturated rings. The van der Waals surface area contributed by atoms with Gasteiger partial charge >= 0.3 is 0 Å². The van der Waals surface area contributed by atoms with Gasteiger partial charge in [0, 0.05) is 28.7 Å². The Labute approximate surface area is 272 Å². The maximum absolute atomic E-state index is 13.9. The lowest BCUT2D eigenvalue weighted by molar-refractivity contribution is -0.117. The van der Waals surface area contributed by atoms with Crippen LogP contribution in [0, 0.1) is 0 Å². The fourth-order valence-corrected chi connectivity index (χ4v) is 5.76. The zero-order valence-corrected chi connectivity index (χ0v) is 26.1. The second kappa shape index (κ2) is 13.9. The van der Waals surface area contributed by atoms with Gasteiger partial charge in [0.1, 0.15) is 11.3 Å². The van der Waals surface area contributed by atoms with E-state index in [9.17, 15) is 18.0 Å². The van der Waals surface area contributed by atoms with E-state index in [0.717, 1.165) is 44.5 Å². The van der Waals surface area contributed by atoms with E-state index in [2.05, 4.69) is 10.6 Å². The third-order valence-corrected chi connectivity index (χ3v) is 8.62. The van der Waals surface area contributed by atoms with Crippen LogP contribution in [0.1, 0.15) is 27.4 Å². The summed E-state index contributed by atoms with van der Waals surface area (Å²) in [5, 5.41) is 6.57. The minimum atomic E-state index is -4.18. The Morgan fingerprint density at radius 1 is 0.723 bits per heavy atom. The van der Waals surface area contributed by atoms with Crippen molar-refractivity contribution in [1.29, 1.82) is 0 Å². The van der Waals surface area contributed by atoms with Gasteiger partial charge < -0.3 is 15.1 Å². The molecule has 9 heteroatoms. The molecule has 1 unspecified atom stereocenters. The molecule has 236 valence electrons. The van der Waals surface area contributed by atoms with Crippen LogP contribution in [0.4, 0.5) is 5.69 Å². The summed E-state index contributed by atoms with van der Waals surface area (Å²) < 4.78 is 36.8. The molecule has 3 N–H and O–H groups in total. The van der Waals surface area contributed by atoms with Crippen LogP contribution in [0.5, 0.6) is 0 Å². The first kappa shape index (κ1) is 31.5. The number of hydrogen-bond donors (Lipinski definition) is 3. The first-order chi connectivity index (χ1) is 22.7. The normalized spacial score (nSPS) is 12.0. The molecule has 0 radical (unpaired) electrons. The number of furan rings is 1. The standard InChI is InChI=1S/C38H32N2O6S/c41-37(39-22-23-47(43,44)45)31-12-10-26(11-13-31)24-34(29-16-14-28(15-17-29)27-6-2-1-3-7-27)38(42)40-33-20-18-30(19-21-33)36-25-32-8-4-5-9-35(32)46-36/h1-21,25,34H,22-24H2,(H,39,41)(H,40,42)(H,43,44,45). The van der Waals surface area contributed by atoms with Gasteiger partial charge in [-0.2, -0.15) is 8.42 Å². The van der Waals surface area contributed by atoms with Crippen molar-refractivity contribution in [3.05, 3.63) is 150 Å². The Balaban J connectivity index is 1.20. The summed E-state index contributed by atoms with van der Waals surface area (Å²) in [6, 6.07) is 42.1. The quantitative estimate of drug-likeness (QED) is 0.127. The van der Waals surface area contributed by atoms with Crippen molar-refractivity contribution < 1.29 is 27.0 Å². The number of nitrogens with one attached hydrogen (secondary N) is 2. The Kier molecular flexibility index (Phi) is 9.28. The third-order valence-electron chi connectivity index (χ3n) is 7.90. The van der Waals surface area contributed by atoms with Crippen LogP contribution in [0.2, 0.25) is 0 Å². The Morgan fingerprint density at radius 3 is 2.04 bits per heavy atom. The lowest BCUT2D eigenvalue weighted by Gasteiger charge is -2.19. The monoisotopic (exact) mass is 644 g/mol. The number of fused-ring (bicyclic) bond motifs is 1. The van der Waals surface area contributed by atoms with Crippen LogP contribution in [0.15, 0.2) is 138 Å². The largest absolute Gasteiger partial charge is 0.456 e. The summed E-state index contributed by atoms with van der Waals surface area (Å²) in [7, 11) is -4.18. The van der Waals surface area contributed by atoms with Crippen LogP contribution < -0.4 is 10.6 Å². The van der Waals surface area contributed by atoms with Crippen LogP contribution in [0.3, 0.4) is 0 Å². The van der Waals surface area contributed by atoms with Gasteiger partial charge in [-0.05, 0) is 77.2 Å². The van der Waals surface area contributed by atoms with Gasteiger partial charge in [-0.1, -0.05) is 84.9 Å². The molecular weight excluding hydrogens is 612 g/mol. The van der Waals surface area contributed by atoms with E-state index in [1.54, 1.807) is 24.3 Å². The fraction of sp³-hybridized carbons (Fsp3) is 0.105. The smallest absolute Gasteiger partial charge is 0.266 e. The SMILES string of the molecule is O=C(NCCS(=O)(=O)O)c1ccc(CC(C(=O)Nc2ccc(-c3cc4ccccc4o3)cc2)c2ccc(-c3ccccc3)cc2)cc1. The Bertz CT molecular complexity index is 2070. The molecular formula is C38H32N2O6S. The predicted molar refractivity (Wildman–Crippen MR) is 184 cm³/mol. The summed E-state index contributed by atoms with van der Waals surface area (Å²) in [5.74, 6) is -1.00. The van der Waals surface area contributed by atoms with Gasteiger partial charge in [0.2, 0.25) is 5.91 Å². The van der Waals surface area contributed by atoms with Crippen LogP contribution in [-0.2, 0) is 21.3 Å². The van der Waals surface area contributed by atoms with Gasteiger partial charge in [-0.3, -0.25) is 14.1 Å². The van der Waals surface area contributed by atoms with E-state index in [4.69, 9.17) is 8.97 Å². The van der Waals surface area contributed by atoms with Crippen LogP contribution in [0.25, 0.3) is 33.4 Å². The minimum Gasteiger partial charge on any atom is -0.456 e. The summed E-state index contributed by atoms with van der Waals surface area (Å²) in [4.78, 5) is 26.3. The number of carbonyl (C=O) groups is 2. The first-order valence-corrected chi connectivity index (χ1v) is 16.7. The van der Waals surface area contributed by atoms with Crippen molar-refractivity contribution >= 4 is 38.6 Å². The van der Waals surface area contributed by atoms with Crippen molar-refractivity contribution in [3.63, 3.8) is 0 Å². The molecule has 2 amide bonds. The molecule has 0 bridgehead atoms. The molecule has 1 heterocycles. The van der Waals surface area contributed by atoms with Gasteiger partial charge in [-0.25, -0.2) is 0 Å². The average molecular weight is 645 g/mol. The molecule has 0 saturated carbocycles. The highest BCUT2D eigenvalue weighted by atomic mass is 32.2. The van der Waals surface area contributed by atoms with Crippen molar-refractivity contribution in [3.8, 4) is 22.5 Å². The highest BCUT2D eigenvalue weighted by Gasteiger charge is 2.22. The van der Waals surface area contributed by atoms with E-state index < -0.39 is 27.7 Å². The molecule has 8 nitrogen and oxygen atoms in total. The number of benzene rings is 5. The molecule has 1 aromatic heterocycles. The highest BCUT2D eigenvalue weighted by molar-refractivity contribution is 7.85. The molecule has 0 aliphatic heterocycles. The van der Waals surface area contributed by atoms with Crippen molar-refractivity contribution in [2.75, 3.05) is 17.6 Å². The van der Waals surface area contributed by atoms with Crippen LogP contribution >= 0.6 is 0 Å². The number of amides is 2. The zero-order chi connectivity index (χ0) is 32.8. The van der Waals surface area contributed by atoms with E-state index in [0.29, 0.717) is 17.7 Å². The lowest BCUT2D eigenvalue weighted by atomic mass is 9.89. The number of para-hydroxylation sites is 1. The molecule has 0 aliphatic rings. The molecule has 0 spiro atoms. The number of anilines is 1. The summed E-state index contributed by atoms with van der Waals surface area (Å²) in [6.07, 6.45) is 0.373. The summed E-state index contributed by atoms with van der Waals surface area (Å²) in [5.41, 5.74) is 6.50.